The van der Waals surface area contributed by atoms with Gasteiger partial charge in [-0.15, -0.1) is 0 Å². The number of phenolic OH excluding ortho intramolecular Hbond substituents is 2. The molecule has 0 fully saturated rings. The van der Waals surface area contributed by atoms with Crippen molar-refractivity contribution in [2.75, 3.05) is 0 Å². The van der Waals surface area contributed by atoms with Gasteiger partial charge < -0.3 is 20.0 Å². The number of hydrogen-bond donors (Lipinski definition) is 4. The van der Waals surface area contributed by atoms with Gasteiger partial charge in [-0.05, 0) is 46.5 Å². The second-order valence-corrected chi connectivity index (χ2v) is 10.2. The number of aromatic hydroxyl groups is 2. The van der Waals surface area contributed by atoms with Crippen LogP contribution in [0.25, 0.3) is 0 Å². The van der Waals surface area contributed by atoms with Crippen molar-refractivity contribution in [3.8, 4) is 11.5 Å². The van der Waals surface area contributed by atoms with Crippen molar-refractivity contribution in [3.05, 3.63) is 131 Å². The second kappa shape index (κ2) is 10.7. The third-order valence-electron chi connectivity index (χ3n) is 5.74. The molecule has 176 valence electrons. The third-order valence-corrected chi connectivity index (χ3v) is 7.01. The highest BCUT2D eigenvalue weighted by Crippen LogP contribution is 2.55. The minimum absolute atomic E-state index is 0.151. The molecule has 4 aromatic carbocycles. The molecular weight excluding hydrogens is 447 g/mol. The van der Waals surface area contributed by atoms with E-state index in [1.165, 1.54) is 0 Å². The average Bonchev–Trinajstić information content (AvgIpc) is 2.81. The molecule has 0 aliphatic rings. The molecule has 5 nitrogen and oxygen atoms in total. The first kappa shape index (κ1) is 25.3. The molecule has 0 unspecified atom stereocenters. The molecule has 0 aliphatic carbocycles. The standard InChI is InChI=1S/C15H16O2.C13H13O3P/c1-15(2,11-3-7-13(16)8-4-11)12-5-9-14(17)10-6-12;14-17(15,16)13(11-7-3-1-4-8-11)12-9-5-2-6-10-12/h3-10,16-17H,1-2H3;1-10,13H,(H2,14,15,16). The Hall–Kier alpha value is -3.37. The molecule has 0 amide bonds. The smallest absolute Gasteiger partial charge is 0.337 e. The summed E-state index contributed by atoms with van der Waals surface area (Å²) in [5.74, 6) is 0.547. The largest absolute Gasteiger partial charge is 0.508 e. The van der Waals surface area contributed by atoms with Crippen LogP contribution in [0.5, 0.6) is 11.5 Å². The van der Waals surface area contributed by atoms with Crippen LogP contribution in [0.2, 0.25) is 0 Å². The van der Waals surface area contributed by atoms with E-state index < -0.39 is 13.3 Å². The van der Waals surface area contributed by atoms with Gasteiger partial charge in [0.25, 0.3) is 0 Å². The number of phenols is 2. The van der Waals surface area contributed by atoms with Gasteiger partial charge in [0.05, 0.1) is 0 Å². The van der Waals surface area contributed by atoms with Gasteiger partial charge in [0, 0.05) is 5.41 Å². The van der Waals surface area contributed by atoms with E-state index in [0.29, 0.717) is 11.1 Å². The minimum Gasteiger partial charge on any atom is -0.508 e. The fourth-order valence-electron chi connectivity index (χ4n) is 3.77. The van der Waals surface area contributed by atoms with Gasteiger partial charge in [-0.2, -0.15) is 0 Å². The Balaban J connectivity index is 0.000000191. The van der Waals surface area contributed by atoms with Gasteiger partial charge in [-0.3, -0.25) is 4.57 Å². The molecule has 0 aliphatic heterocycles. The third kappa shape index (κ3) is 6.36. The molecule has 0 heterocycles. The van der Waals surface area contributed by atoms with E-state index in [9.17, 15) is 24.6 Å². The fourth-order valence-corrected chi connectivity index (χ4v) is 4.90. The lowest BCUT2D eigenvalue weighted by molar-refractivity contribution is 0.364. The fraction of sp³-hybridized carbons (Fsp3) is 0.143. The summed E-state index contributed by atoms with van der Waals surface area (Å²) >= 11 is 0. The van der Waals surface area contributed by atoms with Gasteiger partial charge in [-0.25, -0.2) is 0 Å². The normalized spacial score (nSPS) is 11.6. The van der Waals surface area contributed by atoms with Crippen molar-refractivity contribution in [3.63, 3.8) is 0 Å². The van der Waals surface area contributed by atoms with Gasteiger partial charge in [-0.1, -0.05) is 98.8 Å². The van der Waals surface area contributed by atoms with E-state index in [2.05, 4.69) is 13.8 Å². The summed E-state index contributed by atoms with van der Waals surface area (Å²) in [7, 11) is -4.22. The first-order chi connectivity index (χ1) is 16.1. The molecule has 0 radical (unpaired) electrons. The van der Waals surface area contributed by atoms with Crippen molar-refractivity contribution in [1.29, 1.82) is 0 Å². The lowest BCUT2D eigenvalue weighted by Gasteiger charge is -2.26. The second-order valence-electron chi connectivity index (χ2n) is 8.53. The quantitative estimate of drug-likeness (QED) is 0.251. The van der Waals surface area contributed by atoms with Crippen molar-refractivity contribution >= 4 is 7.60 Å². The molecule has 4 rings (SSSR count). The highest BCUT2D eigenvalue weighted by Gasteiger charge is 2.31. The lowest BCUT2D eigenvalue weighted by Crippen LogP contribution is -2.18. The molecule has 0 atom stereocenters. The summed E-state index contributed by atoms with van der Waals surface area (Å²) in [5, 5.41) is 18.6. The van der Waals surface area contributed by atoms with E-state index in [1.54, 1.807) is 72.8 Å². The van der Waals surface area contributed by atoms with Crippen LogP contribution in [0.1, 0.15) is 41.8 Å². The van der Waals surface area contributed by atoms with E-state index in [4.69, 9.17) is 0 Å². The summed E-state index contributed by atoms with van der Waals surface area (Å²) in [6, 6.07) is 32.1. The molecular formula is C28H29O5P. The first-order valence-corrected chi connectivity index (χ1v) is 12.5. The predicted molar refractivity (Wildman–Crippen MR) is 135 cm³/mol. The Morgan fingerprint density at radius 1 is 0.588 bits per heavy atom. The monoisotopic (exact) mass is 476 g/mol. The van der Waals surface area contributed by atoms with Crippen LogP contribution in [0.3, 0.4) is 0 Å². The van der Waals surface area contributed by atoms with Gasteiger partial charge in [0.1, 0.15) is 17.2 Å². The van der Waals surface area contributed by atoms with Crippen LogP contribution in [-0.4, -0.2) is 20.0 Å². The van der Waals surface area contributed by atoms with Crippen molar-refractivity contribution in [2.45, 2.75) is 24.9 Å². The Kier molecular flexibility index (Phi) is 7.95. The summed E-state index contributed by atoms with van der Waals surface area (Å²) in [6.07, 6.45) is 0. The molecule has 0 saturated carbocycles. The number of hydrogen-bond acceptors (Lipinski definition) is 3. The highest BCUT2D eigenvalue weighted by molar-refractivity contribution is 7.52. The van der Waals surface area contributed by atoms with Crippen molar-refractivity contribution < 1.29 is 24.6 Å². The zero-order valence-electron chi connectivity index (χ0n) is 19.1. The summed E-state index contributed by atoms with van der Waals surface area (Å²) in [5.41, 5.74) is 2.48. The molecule has 4 aromatic rings. The molecule has 6 heteroatoms. The first-order valence-electron chi connectivity index (χ1n) is 10.8. The Morgan fingerprint density at radius 3 is 1.21 bits per heavy atom. The predicted octanol–water partition coefficient (Wildman–Crippen LogP) is 6.38. The van der Waals surface area contributed by atoms with Crippen LogP contribution in [0.4, 0.5) is 0 Å². The SMILES string of the molecule is CC(C)(c1ccc(O)cc1)c1ccc(O)cc1.O=P(O)(O)C(c1ccccc1)c1ccccc1. The van der Waals surface area contributed by atoms with Crippen molar-refractivity contribution in [2.24, 2.45) is 0 Å². The van der Waals surface area contributed by atoms with Crippen LogP contribution in [0, 0.1) is 0 Å². The van der Waals surface area contributed by atoms with E-state index in [0.717, 1.165) is 11.1 Å². The van der Waals surface area contributed by atoms with Crippen molar-refractivity contribution in [1.82, 2.24) is 0 Å². The molecule has 0 spiro atoms. The maximum Gasteiger partial charge on any atom is 0.337 e. The zero-order chi connectivity index (χ0) is 24.8. The Labute approximate surface area is 200 Å². The van der Waals surface area contributed by atoms with Crippen LogP contribution < -0.4 is 0 Å². The Morgan fingerprint density at radius 2 is 0.912 bits per heavy atom. The number of benzene rings is 4. The maximum absolute atomic E-state index is 11.6. The van der Waals surface area contributed by atoms with Gasteiger partial charge in [0.2, 0.25) is 0 Å². The van der Waals surface area contributed by atoms with Gasteiger partial charge >= 0.3 is 7.60 Å². The van der Waals surface area contributed by atoms with E-state index in [1.807, 2.05) is 36.4 Å². The molecule has 0 aromatic heterocycles. The lowest BCUT2D eigenvalue weighted by atomic mass is 9.78. The highest BCUT2D eigenvalue weighted by atomic mass is 31.2. The van der Waals surface area contributed by atoms with E-state index in [-0.39, 0.29) is 16.9 Å². The molecule has 0 bridgehead atoms. The van der Waals surface area contributed by atoms with Crippen LogP contribution in [-0.2, 0) is 9.98 Å². The summed E-state index contributed by atoms with van der Waals surface area (Å²) in [6.45, 7) is 4.23. The number of rotatable bonds is 5. The van der Waals surface area contributed by atoms with Crippen LogP contribution >= 0.6 is 7.60 Å². The van der Waals surface area contributed by atoms with Gasteiger partial charge in [0.15, 0.2) is 0 Å². The molecule has 0 saturated heterocycles. The summed E-state index contributed by atoms with van der Waals surface area (Å²) < 4.78 is 11.6. The molecule has 34 heavy (non-hydrogen) atoms. The Bertz CT molecular complexity index is 1130. The zero-order valence-corrected chi connectivity index (χ0v) is 20.0. The molecule has 4 N–H and O–H groups in total. The average molecular weight is 477 g/mol. The van der Waals surface area contributed by atoms with Crippen LogP contribution in [0.15, 0.2) is 109 Å². The van der Waals surface area contributed by atoms with E-state index >= 15 is 0 Å². The maximum atomic E-state index is 11.6. The minimum atomic E-state index is -4.22. The topological polar surface area (TPSA) is 98.0 Å². The summed E-state index contributed by atoms with van der Waals surface area (Å²) in [4.78, 5) is 19.0.